The second-order valence-electron chi connectivity index (χ2n) is 5.34. The van der Waals surface area contributed by atoms with Crippen molar-refractivity contribution in [3.63, 3.8) is 0 Å². The van der Waals surface area contributed by atoms with Crippen LogP contribution in [0.15, 0.2) is 23.4 Å². The number of hydrogen-bond acceptors (Lipinski definition) is 4. The third-order valence-electron chi connectivity index (χ3n) is 4.05. The molecule has 1 aromatic rings. The van der Waals surface area contributed by atoms with Crippen molar-refractivity contribution in [2.24, 2.45) is 10.9 Å². The predicted molar refractivity (Wildman–Crippen MR) is 81.1 cm³/mol. The standard InChI is InChI=1S/C15H24N4O/c1-3-18-6-8-19(9-7-18)11-14-5-4-13(10-12(14)2)15(16)17-20/h4-5,10,20H,3,6-9,11H2,1-2H3,(H2,16,17). The Labute approximate surface area is 120 Å². The zero-order chi connectivity index (χ0) is 14.5. The molecule has 0 spiro atoms. The predicted octanol–water partition coefficient (Wildman–Crippen LogP) is 1.23. The molecule has 110 valence electrons. The molecule has 0 saturated carbocycles. The van der Waals surface area contributed by atoms with Crippen LogP contribution < -0.4 is 5.73 Å². The summed E-state index contributed by atoms with van der Waals surface area (Å²) in [5.74, 6) is 0.163. The zero-order valence-electron chi connectivity index (χ0n) is 12.3. The summed E-state index contributed by atoms with van der Waals surface area (Å²) in [6.45, 7) is 10.9. The van der Waals surface area contributed by atoms with Crippen molar-refractivity contribution in [2.45, 2.75) is 20.4 Å². The molecule has 0 atom stereocenters. The van der Waals surface area contributed by atoms with Crippen LogP contribution in [0.2, 0.25) is 0 Å². The summed E-state index contributed by atoms with van der Waals surface area (Å²) in [4.78, 5) is 4.96. The van der Waals surface area contributed by atoms with Gasteiger partial charge in [0.15, 0.2) is 5.84 Å². The summed E-state index contributed by atoms with van der Waals surface area (Å²) in [5.41, 5.74) is 8.88. The highest BCUT2D eigenvalue weighted by Crippen LogP contribution is 2.15. The van der Waals surface area contributed by atoms with Gasteiger partial charge in [0.1, 0.15) is 0 Å². The average molecular weight is 276 g/mol. The van der Waals surface area contributed by atoms with Crippen LogP contribution in [0.25, 0.3) is 0 Å². The first-order valence-electron chi connectivity index (χ1n) is 7.16. The number of amidine groups is 1. The lowest BCUT2D eigenvalue weighted by atomic mass is 10.0. The summed E-state index contributed by atoms with van der Waals surface area (Å²) in [6, 6.07) is 5.97. The molecule has 2 rings (SSSR count). The van der Waals surface area contributed by atoms with E-state index in [1.165, 1.54) is 11.1 Å². The zero-order valence-corrected chi connectivity index (χ0v) is 12.3. The molecule has 0 bridgehead atoms. The van der Waals surface area contributed by atoms with Gasteiger partial charge < -0.3 is 15.8 Å². The molecule has 0 amide bonds. The van der Waals surface area contributed by atoms with Crippen LogP contribution in [0.4, 0.5) is 0 Å². The van der Waals surface area contributed by atoms with Crippen LogP contribution in [0.3, 0.4) is 0 Å². The minimum Gasteiger partial charge on any atom is -0.409 e. The third kappa shape index (κ3) is 3.49. The molecular formula is C15H24N4O. The van der Waals surface area contributed by atoms with Gasteiger partial charge in [-0.1, -0.05) is 24.2 Å². The number of hydrogen-bond donors (Lipinski definition) is 2. The summed E-state index contributed by atoms with van der Waals surface area (Å²) < 4.78 is 0. The van der Waals surface area contributed by atoms with Gasteiger partial charge in [-0.3, -0.25) is 4.90 Å². The first-order valence-corrected chi connectivity index (χ1v) is 7.16. The lowest BCUT2D eigenvalue weighted by Crippen LogP contribution is -2.45. The molecule has 1 fully saturated rings. The molecule has 1 aromatic carbocycles. The molecule has 3 N–H and O–H groups in total. The highest BCUT2D eigenvalue weighted by atomic mass is 16.4. The Morgan fingerprint density at radius 3 is 2.45 bits per heavy atom. The number of nitrogens with two attached hydrogens (primary N) is 1. The molecule has 5 heteroatoms. The van der Waals surface area contributed by atoms with Crippen LogP contribution in [0, 0.1) is 6.92 Å². The number of aryl methyl sites for hydroxylation is 1. The molecule has 20 heavy (non-hydrogen) atoms. The minimum absolute atomic E-state index is 0.163. The maximum atomic E-state index is 8.71. The lowest BCUT2D eigenvalue weighted by molar-refractivity contribution is 0.132. The van der Waals surface area contributed by atoms with E-state index in [9.17, 15) is 0 Å². The van der Waals surface area contributed by atoms with E-state index in [2.05, 4.69) is 34.9 Å². The van der Waals surface area contributed by atoms with Crippen molar-refractivity contribution in [1.82, 2.24) is 9.80 Å². The molecule has 1 heterocycles. The minimum atomic E-state index is 0.163. The summed E-state index contributed by atoms with van der Waals surface area (Å²) >= 11 is 0. The van der Waals surface area contributed by atoms with Crippen molar-refractivity contribution < 1.29 is 5.21 Å². The lowest BCUT2D eigenvalue weighted by Gasteiger charge is -2.34. The normalized spacial score (nSPS) is 18.4. The van der Waals surface area contributed by atoms with Crippen LogP contribution in [0.5, 0.6) is 0 Å². The topological polar surface area (TPSA) is 65.1 Å². The fraction of sp³-hybridized carbons (Fsp3) is 0.533. The number of oxime groups is 1. The SMILES string of the molecule is CCN1CCN(Cc2ccc(/C(N)=N/O)cc2C)CC1. The molecule has 0 aromatic heterocycles. The Morgan fingerprint density at radius 1 is 1.25 bits per heavy atom. The Hall–Kier alpha value is -1.59. The number of benzene rings is 1. The Bertz CT molecular complexity index is 479. The number of rotatable bonds is 4. The molecule has 1 aliphatic rings. The average Bonchev–Trinajstić information content (AvgIpc) is 2.49. The van der Waals surface area contributed by atoms with Gasteiger partial charge in [-0.15, -0.1) is 0 Å². The van der Waals surface area contributed by atoms with E-state index in [4.69, 9.17) is 10.9 Å². The molecule has 0 radical (unpaired) electrons. The molecule has 5 nitrogen and oxygen atoms in total. The van der Waals surface area contributed by atoms with Crippen molar-refractivity contribution in [3.05, 3.63) is 34.9 Å². The first-order chi connectivity index (χ1) is 9.63. The largest absolute Gasteiger partial charge is 0.409 e. The molecule has 1 aliphatic heterocycles. The van der Waals surface area contributed by atoms with Crippen LogP contribution in [0.1, 0.15) is 23.6 Å². The second kappa shape index (κ2) is 6.72. The van der Waals surface area contributed by atoms with E-state index in [0.717, 1.165) is 44.8 Å². The Balaban J connectivity index is 2.00. The highest BCUT2D eigenvalue weighted by molar-refractivity contribution is 5.97. The monoisotopic (exact) mass is 276 g/mol. The fourth-order valence-electron chi connectivity index (χ4n) is 2.59. The van der Waals surface area contributed by atoms with Gasteiger partial charge >= 0.3 is 0 Å². The van der Waals surface area contributed by atoms with Gasteiger partial charge in [0.05, 0.1) is 0 Å². The van der Waals surface area contributed by atoms with Crippen molar-refractivity contribution in [3.8, 4) is 0 Å². The molecular weight excluding hydrogens is 252 g/mol. The number of nitrogens with zero attached hydrogens (tertiary/aromatic N) is 3. The summed E-state index contributed by atoms with van der Waals surface area (Å²) in [6.07, 6.45) is 0. The maximum Gasteiger partial charge on any atom is 0.170 e. The van der Waals surface area contributed by atoms with E-state index < -0.39 is 0 Å². The van der Waals surface area contributed by atoms with Gasteiger partial charge in [-0.2, -0.15) is 0 Å². The first kappa shape index (κ1) is 14.8. The molecule has 1 saturated heterocycles. The van der Waals surface area contributed by atoms with Crippen molar-refractivity contribution in [1.29, 1.82) is 0 Å². The number of likely N-dealkylation sites (N-methyl/N-ethyl adjacent to an activating group) is 1. The van der Waals surface area contributed by atoms with Crippen LogP contribution in [-0.2, 0) is 6.54 Å². The molecule has 0 aliphatic carbocycles. The molecule has 0 unspecified atom stereocenters. The van der Waals surface area contributed by atoms with E-state index in [0.29, 0.717) is 0 Å². The van der Waals surface area contributed by atoms with Crippen molar-refractivity contribution >= 4 is 5.84 Å². The van der Waals surface area contributed by atoms with Gasteiger partial charge in [-0.05, 0) is 30.7 Å². The number of piperazine rings is 1. The van der Waals surface area contributed by atoms with Crippen molar-refractivity contribution in [2.75, 3.05) is 32.7 Å². The smallest absolute Gasteiger partial charge is 0.170 e. The van der Waals surface area contributed by atoms with Crippen LogP contribution in [-0.4, -0.2) is 53.6 Å². The summed E-state index contributed by atoms with van der Waals surface area (Å²) in [5, 5.41) is 11.7. The fourth-order valence-corrected chi connectivity index (χ4v) is 2.59. The highest BCUT2D eigenvalue weighted by Gasteiger charge is 2.16. The van der Waals surface area contributed by atoms with E-state index in [1.807, 2.05) is 12.1 Å². The van der Waals surface area contributed by atoms with Gasteiger partial charge in [0.2, 0.25) is 0 Å². The van der Waals surface area contributed by atoms with E-state index in [-0.39, 0.29) is 5.84 Å². The quantitative estimate of drug-likeness (QED) is 0.376. The Kier molecular flexibility index (Phi) is 4.98. The van der Waals surface area contributed by atoms with Gasteiger partial charge in [0, 0.05) is 38.3 Å². The summed E-state index contributed by atoms with van der Waals surface area (Å²) in [7, 11) is 0. The third-order valence-corrected chi connectivity index (χ3v) is 4.05. The van der Waals surface area contributed by atoms with E-state index >= 15 is 0 Å². The van der Waals surface area contributed by atoms with E-state index in [1.54, 1.807) is 0 Å². The van der Waals surface area contributed by atoms with Crippen LogP contribution >= 0.6 is 0 Å². The maximum absolute atomic E-state index is 8.71. The van der Waals surface area contributed by atoms with Gasteiger partial charge in [0.25, 0.3) is 0 Å². The second-order valence-corrected chi connectivity index (χ2v) is 5.34. The van der Waals surface area contributed by atoms with Gasteiger partial charge in [-0.25, -0.2) is 0 Å². The Morgan fingerprint density at radius 2 is 1.90 bits per heavy atom.